The summed E-state index contributed by atoms with van der Waals surface area (Å²) in [6, 6.07) is 12.8. The normalized spacial score (nSPS) is 10.2. The molecule has 0 fully saturated rings. The summed E-state index contributed by atoms with van der Waals surface area (Å²) in [7, 11) is 0. The molecule has 0 saturated carbocycles. The smallest absolute Gasteiger partial charge is 0.255 e. The van der Waals surface area contributed by atoms with E-state index in [4.69, 9.17) is 5.73 Å². The van der Waals surface area contributed by atoms with Gasteiger partial charge in [0.1, 0.15) is 0 Å². The van der Waals surface area contributed by atoms with Gasteiger partial charge < -0.3 is 11.1 Å². The molecule has 2 aromatic rings. The number of amides is 1. The van der Waals surface area contributed by atoms with Crippen LogP contribution in [0.25, 0.3) is 0 Å². The largest absolute Gasteiger partial charge is 0.399 e. The molecule has 0 atom stereocenters. The maximum absolute atomic E-state index is 12.2. The van der Waals surface area contributed by atoms with Crippen molar-refractivity contribution in [2.24, 2.45) is 0 Å². The summed E-state index contributed by atoms with van der Waals surface area (Å²) >= 11 is 3.36. The summed E-state index contributed by atoms with van der Waals surface area (Å²) in [5.74, 6) is -0.124. The second kappa shape index (κ2) is 5.89. The van der Waals surface area contributed by atoms with Crippen LogP contribution in [0, 0.1) is 0 Å². The van der Waals surface area contributed by atoms with Crippen molar-refractivity contribution >= 4 is 33.2 Å². The number of benzene rings is 2. The number of rotatable bonds is 3. The van der Waals surface area contributed by atoms with E-state index in [-0.39, 0.29) is 5.91 Å². The summed E-state index contributed by atoms with van der Waals surface area (Å²) in [4.78, 5) is 12.2. The van der Waals surface area contributed by atoms with Crippen molar-refractivity contribution in [3.63, 3.8) is 0 Å². The van der Waals surface area contributed by atoms with Crippen molar-refractivity contribution in [2.75, 3.05) is 11.1 Å². The molecule has 0 aliphatic heterocycles. The van der Waals surface area contributed by atoms with Crippen molar-refractivity contribution in [3.8, 4) is 0 Å². The van der Waals surface area contributed by atoms with Crippen molar-refractivity contribution in [2.45, 2.75) is 13.3 Å². The summed E-state index contributed by atoms with van der Waals surface area (Å²) in [6.07, 6.45) is 0.819. The molecule has 0 aromatic heterocycles. The molecular weight excluding hydrogens is 304 g/mol. The fourth-order valence-corrected chi connectivity index (χ4v) is 2.25. The van der Waals surface area contributed by atoms with E-state index in [0.717, 1.165) is 22.1 Å². The predicted octanol–water partition coefficient (Wildman–Crippen LogP) is 3.85. The fraction of sp³-hybridized carbons (Fsp3) is 0.133. The highest BCUT2D eigenvalue weighted by Crippen LogP contribution is 2.21. The number of carbonyl (C=O) groups is 1. The van der Waals surface area contributed by atoms with Crippen LogP contribution in [0.5, 0.6) is 0 Å². The van der Waals surface area contributed by atoms with Crippen LogP contribution < -0.4 is 11.1 Å². The summed E-state index contributed by atoms with van der Waals surface area (Å²) in [5.41, 5.74) is 8.91. The maximum Gasteiger partial charge on any atom is 0.255 e. The molecule has 0 radical (unpaired) electrons. The lowest BCUT2D eigenvalue weighted by Crippen LogP contribution is -2.13. The molecule has 1 amide bonds. The van der Waals surface area contributed by atoms with E-state index < -0.39 is 0 Å². The van der Waals surface area contributed by atoms with Gasteiger partial charge in [-0.1, -0.05) is 28.9 Å². The second-order valence-electron chi connectivity index (χ2n) is 4.23. The van der Waals surface area contributed by atoms with E-state index in [1.807, 2.05) is 31.2 Å². The van der Waals surface area contributed by atoms with Crippen LogP contribution in [0.1, 0.15) is 22.8 Å². The Morgan fingerprint density at radius 1 is 1.26 bits per heavy atom. The molecule has 0 unspecified atom stereocenters. The number of nitrogens with one attached hydrogen (secondary N) is 1. The fourth-order valence-electron chi connectivity index (χ4n) is 1.85. The van der Waals surface area contributed by atoms with Crippen molar-refractivity contribution in [3.05, 3.63) is 58.1 Å². The average molecular weight is 319 g/mol. The number of anilines is 2. The Labute approximate surface area is 121 Å². The first-order chi connectivity index (χ1) is 9.10. The third-order valence-corrected chi connectivity index (χ3v) is 3.34. The van der Waals surface area contributed by atoms with Crippen LogP contribution in [-0.2, 0) is 6.42 Å². The number of hydrogen-bond acceptors (Lipinski definition) is 2. The Bertz CT molecular complexity index is 611. The van der Waals surface area contributed by atoms with E-state index in [0.29, 0.717) is 11.3 Å². The third kappa shape index (κ3) is 3.35. The predicted molar refractivity (Wildman–Crippen MR) is 82.3 cm³/mol. The lowest BCUT2D eigenvalue weighted by atomic mass is 10.1. The van der Waals surface area contributed by atoms with Gasteiger partial charge in [-0.25, -0.2) is 0 Å². The highest BCUT2D eigenvalue weighted by molar-refractivity contribution is 9.10. The first kappa shape index (κ1) is 13.6. The molecule has 3 N–H and O–H groups in total. The van der Waals surface area contributed by atoms with Crippen LogP contribution in [0.2, 0.25) is 0 Å². The van der Waals surface area contributed by atoms with E-state index in [9.17, 15) is 4.79 Å². The lowest BCUT2D eigenvalue weighted by Gasteiger charge is -2.11. The van der Waals surface area contributed by atoms with Crippen LogP contribution in [-0.4, -0.2) is 5.91 Å². The van der Waals surface area contributed by atoms with Gasteiger partial charge in [0.05, 0.1) is 0 Å². The minimum Gasteiger partial charge on any atom is -0.399 e. The molecule has 0 bridgehead atoms. The monoisotopic (exact) mass is 318 g/mol. The van der Waals surface area contributed by atoms with Crippen LogP contribution in [0.4, 0.5) is 11.4 Å². The van der Waals surface area contributed by atoms with E-state index in [2.05, 4.69) is 21.2 Å². The Morgan fingerprint density at radius 3 is 2.74 bits per heavy atom. The standard InChI is InChI=1S/C15H15BrN2O/c1-2-10-9-13(17)6-7-14(10)18-15(19)11-4-3-5-12(16)8-11/h3-9H,2,17H2,1H3,(H,18,19). The summed E-state index contributed by atoms with van der Waals surface area (Å²) in [6.45, 7) is 2.03. The molecule has 0 spiro atoms. The first-order valence-electron chi connectivity index (χ1n) is 6.05. The minimum atomic E-state index is -0.124. The van der Waals surface area contributed by atoms with Gasteiger partial charge in [0.25, 0.3) is 5.91 Å². The SMILES string of the molecule is CCc1cc(N)ccc1NC(=O)c1cccc(Br)c1. The van der Waals surface area contributed by atoms with Crippen molar-refractivity contribution in [1.29, 1.82) is 0 Å². The van der Waals surface area contributed by atoms with E-state index in [1.54, 1.807) is 18.2 Å². The van der Waals surface area contributed by atoms with Crippen LogP contribution >= 0.6 is 15.9 Å². The molecule has 2 rings (SSSR count). The summed E-state index contributed by atoms with van der Waals surface area (Å²) in [5, 5.41) is 2.92. The Hall–Kier alpha value is -1.81. The first-order valence-corrected chi connectivity index (χ1v) is 6.84. The minimum absolute atomic E-state index is 0.124. The number of halogens is 1. The van der Waals surface area contributed by atoms with Gasteiger partial charge in [0.2, 0.25) is 0 Å². The van der Waals surface area contributed by atoms with Gasteiger partial charge in [0, 0.05) is 21.4 Å². The Kier molecular flexibility index (Phi) is 4.22. The van der Waals surface area contributed by atoms with Gasteiger partial charge in [0.15, 0.2) is 0 Å². The quantitative estimate of drug-likeness (QED) is 0.845. The average Bonchev–Trinajstić information content (AvgIpc) is 2.40. The zero-order chi connectivity index (χ0) is 13.8. The van der Waals surface area contributed by atoms with Gasteiger partial charge in [-0.3, -0.25) is 4.79 Å². The van der Waals surface area contributed by atoms with Gasteiger partial charge in [-0.15, -0.1) is 0 Å². The van der Waals surface area contributed by atoms with Crippen molar-refractivity contribution < 1.29 is 4.79 Å². The lowest BCUT2D eigenvalue weighted by molar-refractivity contribution is 0.102. The number of aryl methyl sites for hydroxylation is 1. The third-order valence-electron chi connectivity index (χ3n) is 2.85. The molecule has 98 valence electrons. The van der Waals surface area contributed by atoms with E-state index in [1.165, 1.54) is 0 Å². The molecular formula is C15H15BrN2O. The van der Waals surface area contributed by atoms with Gasteiger partial charge in [-0.2, -0.15) is 0 Å². The van der Waals surface area contributed by atoms with Crippen LogP contribution in [0.3, 0.4) is 0 Å². The topological polar surface area (TPSA) is 55.1 Å². The molecule has 2 aromatic carbocycles. The highest BCUT2D eigenvalue weighted by atomic mass is 79.9. The zero-order valence-electron chi connectivity index (χ0n) is 10.6. The Morgan fingerprint density at radius 2 is 2.05 bits per heavy atom. The maximum atomic E-state index is 12.2. The van der Waals surface area contributed by atoms with Gasteiger partial charge in [-0.05, 0) is 48.4 Å². The molecule has 0 aliphatic carbocycles. The summed E-state index contributed by atoms with van der Waals surface area (Å²) < 4.78 is 0.883. The zero-order valence-corrected chi connectivity index (χ0v) is 12.2. The number of carbonyl (C=O) groups excluding carboxylic acids is 1. The molecule has 0 saturated heterocycles. The number of nitrogen functional groups attached to an aromatic ring is 1. The molecule has 3 nitrogen and oxygen atoms in total. The molecule has 0 aliphatic rings. The molecule has 19 heavy (non-hydrogen) atoms. The second-order valence-corrected chi connectivity index (χ2v) is 5.15. The number of hydrogen-bond donors (Lipinski definition) is 2. The van der Waals surface area contributed by atoms with E-state index >= 15 is 0 Å². The van der Waals surface area contributed by atoms with Gasteiger partial charge >= 0.3 is 0 Å². The number of nitrogens with two attached hydrogens (primary N) is 1. The van der Waals surface area contributed by atoms with Crippen LogP contribution in [0.15, 0.2) is 46.9 Å². The molecule has 4 heteroatoms. The molecule has 0 heterocycles. The van der Waals surface area contributed by atoms with Crippen molar-refractivity contribution in [1.82, 2.24) is 0 Å². The highest BCUT2D eigenvalue weighted by Gasteiger charge is 2.09. The Balaban J connectivity index is 2.24.